The highest BCUT2D eigenvalue weighted by atomic mass is 32.2. The number of anilines is 1. The second-order valence-corrected chi connectivity index (χ2v) is 11.1. The van der Waals surface area contributed by atoms with E-state index in [0.717, 1.165) is 17.8 Å². The summed E-state index contributed by atoms with van der Waals surface area (Å²) in [7, 11) is -3.62. The predicted octanol–water partition coefficient (Wildman–Crippen LogP) is 4.12. The summed E-state index contributed by atoms with van der Waals surface area (Å²) in [6, 6.07) is 10.1. The third kappa shape index (κ3) is 4.50. The molecule has 1 aliphatic heterocycles. The van der Waals surface area contributed by atoms with Crippen LogP contribution in [0.1, 0.15) is 30.6 Å². The summed E-state index contributed by atoms with van der Waals surface area (Å²) >= 11 is 1.13. The zero-order valence-electron chi connectivity index (χ0n) is 17.5. The minimum absolute atomic E-state index is 0.0479. The fraction of sp³-hybridized carbons (Fsp3) is 0.333. The number of benzene rings is 2. The van der Waals surface area contributed by atoms with E-state index in [2.05, 4.69) is 10.3 Å². The minimum atomic E-state index is -3.62. The van der Waals surface area contributed by atoms with Gasteiger partial charge in [0.15, 0.2) is 5.13 Å². The van der Waals surface area contributed by atoms with E-state index < -0.39 is 20.9 Å². The van der Waals surface area contributed by atoms with Gasteiger partial charge in [-0.25, -0.2) is 13.4 Å². The van der Waals surface area contributed by atoms with Crippen molar-refractivity contribution in [2.24, 2.45) is 11.8 Å². The molecule has 0 aliphatic carbocycles. The molecule has 2 heterocycles. The van der Waals surface area contributed by atoms with Crippen LogP contribution in [-0.4, -0.2) is 41.6 Å². The largest absolute Gasteiger partial charge is 0.298 e. The predicted molar refractivity (Wildman–Crippen MR) is 122 cm³/mol. The number of carbonyl (C=O) groups is 1. The number of amides is 1. The molecule has 3 aromatic rings. The Morgan fingerprint density at radius 2 is 1.81 bits per heavy atom. The number of nitrogens with one attached hydrogen (secondary N) is 1. The van der Waals surface area contributed by atoms with E-state index in [9.17, 15) is 23.3 Å². The number of sulfonamides is 1. The molecule has 4 rings (SSSR count). The molecule has 2 aromatic carbocycles. The zero-order valence-corrected chi connectivity index (χ0v) is 19.1. The van der Waals surface area contributed by atoms with Crippen LogP contribution < -0.4 is 5.32 Å². The van der Waals surface area contributed by atoms with Crippen LogP contribution in [0.25, 0.3) is 10.2 Å². The number of hydrogen-bond acceptors (Lipinski definition) is 7. The number of fused-ring (bicyclic) bond motifs is 1. The standard InChI is InChI=1S/C21H22N4O5S2/c1-13-9-14(2)12-24(11-13)32(29,30)17-6-3-15(4-7-17)20(26)23-21-22-18-8-5-16(25(27)28)10-19(18)31-21/h3-8,10,13-14H,9,11-12H2,1-2H3,(H,22,23,26)/t13-,14-/m0/s1. The summed E-state index contributed by atoms with van der Waals surface area (Å²) in [5.41, 5.74) is 0.783. The Kier molecular flexibility index (Phi) is 5.97. The van der Waals surface area contributed by atoms with Crippen LogP contribution in [0, 0.1) is 22.0 Å². The van der Waals surface area contributed by atoms with Crippen LogP contribution in [-0.2, 0) is 10.0 Å². The number of hydrogen-bond donors (Lipinski definition) is 1. The number of aromatic nitrogens is 1. The minimum Gasteiger partial charge on any atom is -0.298 e. The summed E-state index contributed by atoms with van der Waals surface area (Å²) in [6.45, 7) is 5.08. The molecule has 9 nitrogen and oxygen atoms in total. The van der Waals surface area contributed by atoms with Gasteiger partial charge in [0.05, 0.1) is 20.0 Å². The zero-order chi connectivity index (χ0) is 23.0. The van der Waals surface area contributed by atoms with Gasteiger partial charge in [-0.2, -0.15) is 4.31 Å². The van der Waals surface area contributed by atoms with Gasteiger partial charge in [-0.3, -0.25) is 20.2 Å². The lowest BCUT2D eigenvalue weighted by Crippen LogP contribution is -2.42. The van der Waals surface area contributed by atoms with Crippen LogP contribution in [0.2, 0.25) is 0 Å². The Hall–Kier alpha value is -2.89. The SMILES string of the molecule is C[C@H]1C[C@H](C)CN(S(=O)(=O)c2ccc(C(=O)Nc3nc4ccc([N+](=O)[O-])cc4s3)cc2)C1. The van der Waals surface area contributed by atoms with E-state index in [1.54, 1.807) is 0 Å². The number of piperidine rings is 1. The van der Waals surface area contributed by atoms with Gasteiger partial charge >= 0.3 is 0 Å². The van der Waals surface area contributed by atoms with Crippen molar-refractivity contribution in [3.8, 4) is 0 Å². The van der Waals surface area contributed by atoms with Crippen molar-refractivity contribution in [2.45, 2.75) is 25.2 Å². The number of nitrogens with zero attached hydrogens (tertiary/aromatic N) is 3. The average molecular weight is 475 g/mol. The highest BCUT2D eigenvalue weighted by Crippen LogP contribution is 2.30. The Bertz CT molecular complexity index is 1280. The summed E-state index contributed by atoms with van der Waals surface area (Å²) in [5.74, 6) is 0.158. The van der Waals surface area contributed by atoms with Gasteiger partial charge in [0.25, 0.3) is 11.6 Å². The number of nitro groups is 1. The molecule has 0 bridgehead atoms. The second-order valence-electron chi connectivity index (χ2n) is 8.17. The molecule has 1 saturated heterocycles. The van der Waals surface area contributed by atoms with E-state index in [1.165, 1.54) is 46.8 Å². The van der Waals surface area contributed by atoms with Crippen molar-refractivity contribution in [1.29, 1.82) is 0 Å². The third-order valence-corrected chi connectivity index (χ3v) is 8.17. The smallest absolute Gasteiger partial charge is 0.270 e. The van der Waals surface area contributed by atoms with Crippen LogP contribution in [0.4, 0.5) is 10.8 Å². The van der Waals surface area contributed by atoms with Gasteiger partial charge in [0, 0.05) is 30.8 Å². The number of thiazole rings is 1. The first-order chi connectivity index (χ1) is 15.1. The molecule has 168 valence electrons. The Morgan fingerprint density at radius 1 is 1.16 bits per heavy atom. The second kappa shape index (κ2) is 8.57. The van der Waals surface area contributed by atoms with Crippen molar-refractivity contribution in [1.82, 2.24) is 9.29 Å². The molecule has 0 saturated carbocycles. The molecule has 32 heavy (non-hydrogen) atoms. The lowest BCUT2D eigenvalue weighted by molar-refractivity contribution is -0.384. The van der Waals surface area contributed by atoms with Gasteiger partial charge in [-0.1, -0.05) is 25.2 Å². The fourth-order valence-electron chi connectivity index (χ4n) is 3.98. The molecule has 0 unspecified atom stereocenters. The number of non-ortho nitro benzene ring substituents is 1. The lowest BCUT2D eigenvalue weighted by Gasteiger charge is -2.34. The summed E-state index contributed by atoms with van der Waals surface area (Å²) < 4.78 is 28.1. The van der Waals surface area contributed by atoms with Crippen molar-refractivity contribution in [2.75, 3.05) is 18.4 Å². The first-order valence-corrected chi connectivity index (χ1v) is 12.4. The van der Waals surface area contributed by atoms with Gasteiger partial charge < -0.3 is 0 Å². The first kappa shape index (κ1) is 22.3. The molecule has 1 amide bonds. The van der Waals surface area contributed by atoms with Gasteiger partial charge in [-0.15, -0.1) is 0 Å². The summed E-state index contributed by atoms with van der Waals surface area (Å²) in [5, 5.41) is 13.9. The molecule has 1 aromatic heterocycles. The van der Waals surface area contributed by atoms with E-state index in [4.69, 9.17) is 0 Å². The Balaban J connectivity index is 1.49. The molecule has 2 atom stereocenters. The molecule has 1 N–H and O–H groups in total. The molecule has 1 fully saturated rings. The maximum absolute atomic E-state index is 13.0. The van der Waals surface area contributed by atoms with Gasteiger partial charge in [0.1, 0.15) is 0 Å². The average Bonchev–Trinajstić information content (AvgIpc) is 3.14. The van der Waals surface area contributed by atoms with E-state index in [-0.39, 0.29) is 16.1 Å². The van der Waals surface area contributed by atoms with Crippen LogP contribution >= 0.6 is 11.3 Å². The number of carbonyl (C=O) groups excluding carboxylic acids is 1. The van der Waals surface area contributed by atoms with Gasteiger partial charge in [-0.05, 0) is 48.6 Å². The Labute approximate surface area is 189 Å². The van der Waals surface area contributed by atoms with E-state index in [0.29, 0.717) is 40.3 Å². The topological polar surface area (TPSA) is 123 Å². The highest BCUT2D eigenvalue weighted by Gasteiger charge is 2.31. The quantitative estimate of drug-likeness (QED) is 0.438. The normalized spacial score (nSPS) is 19.7. The fourth-order valence-corrected chi connectivity index (χ4v) is 6.55. The molecule has 0 radical (unpaired) electrons. The third-order valence-electron chi connectivity index (χ3n) is 5.39. The van der Waals surface area contributed by atoms with Crippen LogP contribution in [0.15, 0.2) is 47.4 Å². The van der Waals surface area contributed by atoms with Crippen molar-refractivity contribution in [3.63, 3.8) is 0 Å². The van der Waals surface area contributed by atoms with Crippen LogP contribution in [0.3, 0.4) is 0 Å². The molecule has 0 spiro atoms. The maximum atomic E-state index is 13.0. The molecule has 1 aliphatic rings. The molecular weight excluding hydrogens is 452 g/mol. The van der Waals surface area contributed by atoms with Gasteiger partial charge in [0.2, 0.25) is 10.0 Å². The summed E-state index contributed by atoms with van der Waals surface area (Å²) in [6.07, 6.45) is 1.00. The van der Waals surface area contributed by atoms with Crippen molar-refractivity contribution < 1.29 is 18.1 Å². The molecule has 11 heteroatoms. The molecular formula is C21H22N4O5S2. The van der Waals surface area contributed by atoms with E-state index >= 15 is 0 Å². The van der Waals surface area contributed by atoms with Crippen LogP contribution in [0.5, 0.6) is 0 Å². The maximum Gasteiger partial charge on any atom is 0.270 e. The lowest BCUT2D eigenvalue weighted by atomic mass is 9.94. The van der Waals surface area contributed by atoms with Crippen molar-refractivity contribution >= 4 is 48.3 Å². The monoisotopic (exact) mass is 474 g/mol. The van der Waals surface area contributed by atoms with E-state index in [1.807, 2.05) is 13.8 Å². The summed E-state index contributed by atoms with van der Waals surface area (Å²) in [4.78, 5) is 27.5. The number of rotatable bonds is 5. The number of nitro benzene ring substituents is 1. The first-order valence-electron chi connectivity index (χ1n) is 10.1. The highest BCUT2D eigenvalue weighted by molar-refractivity contribution is 7.89. The Morgan fingerprint density at radius 3 is 2.44 bits per heavy atom. The van der Waals surface area contributed by atoms with Crippen molar-refractivity contribution in [3.05, 3.63) is 58.1 Å².